The second-order valence-corrected chi connectivity index (χ2v) is 7.95. The molecule has 0 saturated carbocycles. The van der Waals surface area contributed by atoms with Crippen LogP contribution >= 0.6 is 22.6 Å². The van der Waals surface area contributed by atoms with E-state index in [0.29, 0.717) is 13.0 Å². The Morgan fingerprint density at radius 1 is 1.32 bits per heavy atom. The molecule has 0 heterocycles. The largest absolute Gasteiger partial charge is 0.311 e. The molecule has 0 atom stereocenters. The van der Waals surface area contributed by atoms with Crippen LogP contribution in [0.1, 0.15) is 25.8 Å². The molecule has 19 heavy (non-hydrogen) atoms. The van der Waals surface area contributed by atoms with Crippen molar-refractivity contribution in [3.8, 4) is 0 Å². The zero-order valence-corrected chi connectivity index (χ0v) is 14.2. The zero-order valence-electron chi connectivity index (χ0n) is 11.2. The fourth-order valence-corrected chi connectivity index (χ4v) is 2.95. The lowest BCUT2D eigenvalue weighted by atomic mass is 9.95. The third-order valence-electron chi connectivity index (χ3n) is 2.77. The summed E-state index contributed by atoms with van der Waals surface area (Å²) in [7, 11) is -3.85. The second-order valence-electron chi connectivity index (χ2n) is 5.22. The number of hydrogen-bond donors (Lipinski definition) is 2. The molecule has 0 saturated heterocycles. The highest BCUT2D eigenvalue weighted by atomic mass is 127. The summed E-state index contributed by atoms with van der Waals surface area (Å²) in [6.45, 7) is 4.74. The van der Waals surface area contributed by atoms with Crippen LogP contribution in [0.4, 0.5) is 0 Å². The van der Waals surface area contributed by atoms with Crippen LogP contribution in [0, 0.1) is 3.57 Å². The Bertz CT molecular complexity index is 514. The quantitative estimate of drug-likeness (QED) is 0.422. The van der Waals surface area contributed by atoms with Crippen molar-refractivity contribution in [3.05, 3.63) is 33.4 Å². The Labute approximate surface area is 128 Å². The van der Waals surface area contributed by atoms with Gasteiger partial charge in [-0.05, 0) is 67.5 Å². The molecule has 1 aromatic rings. The number of hydrogen-bond acceptors (Lipinski definition) is 3. The predicted molar refractivity (Wildman–Crippen MR) is 86.0 cm³/mol. The van der Waals surface area contributed by atoms with Gasteiger partial charge in [0.25, 0.3) is 10.1 Å². The Morgan fingerprint density at radius 2 is 1.95 bits per heavy atom. The minimum atomic E-state index is -3.85. The maximum absolute atomic E-state index is 10.6. The van der Waals surface area contributed by atoms with Crippen LogP contribution in [0.5, 0.6) is 0 Å². The summed E-state index contributed by atoms with van der Waals surface area (Å²) in [5.41, 5.74) is 1.16. The highest BCUT2D eigenvalue weighted by Gasteiger charge is 2.18. The molecule has 0 aliphatic rings. The molecule has 0 fully saturated rings. The van der Waals surface area contributed by atoms with Crippen molar-refractivity contribution >= 4 is 32.7 Å². The van der Waals surface area contributed by atoms with Crippen molar-refractivity contribution in [2.45, 2.75) is 32.2 Å². The number of nitrogens with one attached hydrogen (secondary N) is 1. The first-order valence-electron chi connectivity index (χ1n) is 6.13. The van der Waals surface area contributed by atoms with Crippen LogP contribution < -0.4 is 5.32 Å². The van der Waals surface area contributed by atoms with Gasteiger partial charge in [0.1, 0.15) is 0 Å². The summed E-state index contributed by atoms with van der Waals surface area (Å²) in [5, 5.41) is 3.33. The third-order valence-corrected chi connectivity index (χ3v) is 4.63. The number of benzene rings is 1. The average molecular weight is 397 g/mol. The Kier molecular flexibility index (Phi) is 6.22. The highest BCUT2D eigenvalue weighted by Crippen LogP contribution is 2.18. The Hall–Kier alpha value is -0.180. The van der Waals surface area contributed by atoms with Crippen LogP contribution in [0.3, 0.4) is 0 Å². The van der Waals surface area contributed by atoms with Crippen molar-refractivity contribution in [2.24, 2.45) is 0 Å². The number of halogens is 1. The second kappa shape index (κ2) is 7.01. The molecule has 0 aromatic heterocycles. The summed E-state index contributed by atoms with van der Waals surface area (Å²) in [6, 6.07) is 8.21. The van der Waals surface area contributed by atoms with E-state index in [-0.39, 0.29) is 11.3 Å². The summed E-state index contributed by atoms with van der Waals surface area (Å²) < 4.78 is 31.1. The fourth-order valence-electron chi connectivity index (χ4n) is 1.86. The van der Waals surface area contributed by atoms with Gasteiger partial charge in [0.15, 0.2) is 0 Å². The van der Waals surface area contributed by atoms with Gasteiger partial charge in [-0.1, -0.05) is 18.2 Å². The van der Waals surface area contributed by atoms with Crippen LogP contribution in [0.15, 0.2) is 24.3 Å². The van der Waals surface area contributed by atoms with Crippen molar-refractivity contribution in [1.29, 1.82) is 0 Å². The SMILES string of the molecule is CC(C)(Cc1ccccc1I)NCCCS(=O)(=O)O. The molecule has 2 N–H and O–H groups in total. The molecule has 108 valence electrons. The van der Waals surface area contributed by atoms with Gasteiger partial charge in [-0.2, -0.15) is 8.42 Å². The van der Waals surface area contributed by atoms with Crippen molar-refractivity contribution in [1.82, 2.24) is 5.32 Å². The van der Waals surface area contributed by atoms with E-state index in [1.165, 1.54) is 9.13 Å². The topological polar surface area (TPSA) is 66.4 Å². The van der Waals surface area contributed by atoms with E-state index in [1.807, 2.05) is 12.1 Å². The monoisotopic (exact) mass is 397 g/mol. The highest BCUT2D eigenvalue weighted by molar-refractivity contribution is 14.1. The molecule has 0 amide bonds. The molecule has 6 heteroatoms. The van der Waals surface area contributed by atoms with Crippen LogP contribution in [0.25, 0.3) is 0 Å². The normalized spacial score (nSPS) is 12.6. The number of rotatable bonds is 7. The van der Waals surface area contributed by atoms with E-state index >= 15 is 0 Å². The minimum absolute atomic E-state index is 0.111. The molecule has 0 aliphatic carbocycles. The zero-order chi connectivity index (χ0) is 14.5. The molecule has 0 aliphatic heterocycles. The first kappa shape index (κ1) is 16.9. The van der Waals surface area contributed by atoms with Crippen molar-refractivity contribution in [3.63, 3.8) is 0 Å². The van der Waals surface area contributed by atoms with E-state index in [4.69, 9.17) is 4.55 Å². The molecule has 1 rings (SSSR count). The maximum Gasteiger partial charge on any atom is 0.264 e. The van der Waals surface area contributed by atoms with Gasteiger partial charge in [-0.25, -0.2) is 0 Å². The first-order valence-corrected chi connectivity index (χ1v) is 8.82. The van der Waals surface area contributed by atoms with Crippen molar-refractivity contribution < 1.29 is 13.0 Å². The van der Waals surface area contributed by atoms with Gasteiger partial charge >= 0.3 is 0 Å². The van der Waals surface area contributed by atoms with Gasteiger partial charge in [0, 0.05) is 9.11 Å². The summed E-state index contributed by atoms with van der Waals surface area (Å²) in [6.07, 6.45) is 1.28. The fraction of sp³-hybridized carbons (Fsp3) is 0.538. The smallest absolute Gasteiger partial charge is 0.264 e. The first-order chi connectivity index (χ1) is 8.70. The molecule has 1 aromatic carbocycles. The molecular weight excluding hydrogens is 377 g/mol. The molecule has 0 spiro atoms. The summed E-state index contributed by atoms with van der Waals surface area (Å²) >= 11 is 2.32. The van der Waals surface area contributed by atoms with E-state index < -0.39 is 10.1 Å². The average Bonchev–Trinajstić information content (AvgIpc) is 2.26. The standard InChI is InChI=1S/C13H20INO3S/c1-13(2,15-8-5-9-19(16,17)18)10-11-6-3-4-7-12(11)14/h3-4,6-7,15H,5,8-10H2,1-2H3,(H,16,17,18). The van der Waals surface area contributed by atoms with E-state index in [1.54, 1.807) is 0 Å². The lowest BCUT2D eigenvalue weighted by Crippen LogP contribution is -2.42. The molecule has 0 radical (unpaired) electrons. The lowest BCUT2D eigenvalue weighted by molar-refractivity contribution is 0.385. The molecular formula is C13H20INO3S. The lowest BCUT2D eigenvalue weighted by Gasteiger charge is -2.27. The van der Waals surface area contributed by atoms with E-state index in [2.05, 4.69) is 53.9 Å². The molecule has 0 unspecified atom stereocenters. The van der Waals surface area contributed by atoms with Crippen molar-refractivity contribution in [2.75, 3.05) is 12.3 Å². The van der Waals surface area contributed by atoms with Gasteiger partial charge in [-0.3, -0.25) is 4.55 Å². The predicted octanol–water partition coefficient (Wildman–Crippen LogP) is 2.48. The van der Waals surface area contributed by atoms with Gasteiger partial charge in [-0.15, -0.1) is 0 Å². The van der Waals surface area contributed by atoms with Crippen LogP contribution in [-0.2, 0) is 16.5 Å². The van der Waals surface area contributed by atoms with Crippen LogP contribution in [0.2, 0.25) is 0 Å². The third kappa shape index (κ3) is 7.24. The molecule has 4 nitrogen and oxygen atoms in total. The Morgan fingerprint density at radius 3 is 2.53 bits per heavy atom. The minimum Gasteiger partial charge on any atom is -0.311 e. The van der Waals surface area contributed by atoms with Gasteiger partial charge in [0.2, 0.25) is 0 Å². The van der Waals surface area contributed by atoms with E-state index in [9.17, 15) is 8.42 Å². The van der Waals surface area contributed by atoms with Gasteiger partial charge < -0.3 is 5.32 Å². The van der Waals surface area contributed by atoms with Crippen LogP contribution in [-0.4, -0.2) is 30.8 Å². The summed E-state index contributed by atoms with van der Waals surface area (Å²) in [4.78, 5) is 0. The maximum atomic E-state index is 10.6. The summed E-state index contributed by atoms with van der Waals surface area (Å²) in [5.74, 6) is -0.195. The molecule has 0 bridgehead atoms. The van der Waals surface area contributed by atoms with Gasteiger partial charge in [0.05, 0.1) is 5.75 Å². The Balaban J connectivity index is 2.46. The van der Waals surface area contributed by atoms with E-state index in [0.717, 1.165) is 6.42 Å².